The molecule has 0 aliphatic carbocycles. The summed E-state index contributed by atoms with van der Waals surface area (Å²) in [6, 6.07) is 3.73. The fourth-order valence-electron chi connectivity index (χ4n) is 1.91. The first-order valence-electron chi connectivity index (χ1n) is 6.16. The molecular weight excluding hydrogens is 234 g/mol. The molecule has 1 rings (SSSR count). The van der Waals surface area contributed by atoms with Gasteiger partial charge in [0.1, 0.15) is 11.6 Å². The van der Waals surface area contributed by atoms with Crippen LogP contribution in [0, 0.1) is 17.0 Å². The van der Waals surface area contributed by atoms with Gasteiger partial charge in [-0.3, -0.25) is 0 Å². The lowest BCUT2D eigenvalue weighted by atomic mass is 9.93. The van der Waals surface area contributed by atoms with Crippen LogP contribution in [0.2, 0.25) is 0 Å². The van der Waals surface area contributed by atoms with Gasteiger partial charge in [0.25, 0.3) is 0 Å². The number of nitrogens with two attached hydrogens (primary N) is 1. The molecule has 18 heavy (non-hydrogen) atoms. The molecule has 1 aromatic carbocycles. The third-order valence-electron chi connectivity index (χ3n) is 3.03. The van der Waals surface area contributed by atoms with Gasteiger partial charge in [-0.15, -0.1) is 0 Å². The molecule has 0 amide bonds. The van der Waals surface area contributed by atoms with Gasteiger partial charge in [0.05, 0.1) is 0 Å². The number of likely N-dealkylation sites (N-methyl/N-ethyl adjacent to an activating group) is 1. The Kier molecular flexibility index (Phi) is 5.23. The van der Waals surface area contributed by atoms with Crippen LogP contribution >= 0.6 is 0 Å². The average Bonchev–Trinajstić information content (AvgIpc) is 2.27. The largest absolute Gasteiger partial charge is 0.330 e. The summed E-state index contributed by atoms with van der Waals surface area (Å²) in [5.74, 6) is -1.00. The summed E-state index contributed by atoms with van der Waals surface area (Å²) < 4.78 is 26.2. The van der Waals surface area contributed by atoms with Crippen LogP contribution in [0.25, 0.3) is 0 Å². The van der Waals surface area contributed by atoms with E-state index >= 15 is 0 Å². The predicted octanol–water partition coefficient (Wildman–Crippen LogP) is 2.42. The van der Waals surface area contributed by atoms with Crippen LogP contribution in [-0.4, -0.2) is 31.6 Å². The lowest BCUT2D eigenvalue weighted by Crippen LogP contribution is -2.37. The van der Waals surface area contributed by atoms with Crippen LogP contribution in [-0.2, 0) is 6.42 Å². The van der Waals surface area contributed by atoms with E-state index in [1.807, 2.05) is 7.05 Å². The van der Waals surface area contributed by atoms with Crippen molar-refractivity contribution in [2.75, 3.05) is 26.7 Å². The van der Waals surface area contributed by atoms with Crippen molar-refractivity contribution in [2.24, 2.45) is 11.1 Å². The maximum Gasteiger partial charge on any atom is 0.129 e. The van der Waals surface area contributed by atoms with Gasteiger partial charge in [0, 0.05) is 19.2 Å². The van der Waals surface area contributed by atoms with Crippen LogP contribution in [0.3, 0.4) is 0 Å². The van der Waals surface area contributed by atoms with Crippen molar-refractivity contribution < 1.29 is 8.78 Å². The van der Waals surface area contributed by atoms with E-state index < -0.39 is 11.6 Å². The highest BCUT2D eigenvalue weighted by Gasteiger charge is 2.18. The molecule has 0 saturated carbocycles. The quantitative estimate of drug-likeness (QED) is 0.847. The zero-order chi connectivity index (χ0) is 13.8. The second-order valence-electron chi connectivity index (χ2n) is 5.59. The molecule has 102 valence electrons. The number of rotatable bonds is 6. The first kappa shape index (κ1) is 15.1. The molecular formula is C14H22F2N2. The minimum absolute atomic E-state index is 0.0517. The van der Waals surface area contributed by atoms with Crippen molar-refractivity contribution in [1.82, 2.24) is 4.90 Å². The Morgan fingerprint density at radius 2 is 1.94 bits per heavy atom. The van der Waals surface area contributed by atoms with Crippen molar-refractivity contribution in [3.8, 4) is 0 Å². The normalized spacial score (nSPS) is 12.2. The van der Waals surface area contributed by atoms with E-state index in [0.717, 1.165) is 19.2 Å². The van der Waals surface area contributed by atoms with Gasteiger partial charge in [-0.1, -0.05) is 19.9 Å². The van der Waals surface area contributed by atoms with Gasteiger partial charge in [0.2, 0.25) is 0 Å². The first-order chi connectivity index (χ1) is 8.34. The van der Waals surface area contributed by atoms with Crippen LogP contribution in [0.5, 0.6) is 0 Å². The molecule has 2 N–H and O–H groups in total. The maximum atomic E-state index is 13.4. The Morgan fingerprint density at radius 1 is 1.28 bits per heavy atom. The van der Waals surface area contributed by atoms with Gasteiger partial charge in [-0.2, -0.15) is 0 Å². The topological polar surface area (TPSA) is 29.3 Å². The van der Waals surface area contributed by atoms with Gasteiger partial charge in [-0.05, 0) is 37.1 Å². The van der Waals surface area contributed by atoms with Gasteiger partial charge in [-0.25, -0.2) is 8.78 Å². The summed E-state index contributed by atoms with van der Waals surface area (Å²) >= 11 is 0. The molecule has 0 spiro atoms. The van der Waals surface area contributed by atoms with E-state index in [-0.39, 0.29) is 5.41 Å². The van der Waals surface area contributed by atoms with Crippen molar-refractivity contribution >= 4 is 0 Å². The monoisotopic (exact) mass is 256 g/mol. The lowest BCUT2D eigenvalue weighted by Gasteiger charge is -2.29. The highest BCUT2D eigenvalue weighted by Crippen LogP contribution is 2.15. The highest BCUT2D eigenvalue weighted by atomic mass is 19.1. The molecule has 0 aliphatic heterocycles. The van der Waals surface area contributed by atoms with Crippen LogP contribution in [0.1, 0.15) is 19.4 Å². The third-order valence-corrected chi connectivity index (χ3v) is 3.03. The smallest absolute Gasteiger partial charge is 0.129 e. The number of nitrogens with zero attached hydrogens (tertiary/aromatic N) is 1. The van der Waals surface area contributed by atoms with E-state index in [9.17, 15) is 8.78 Å². The number of hydrogen-bond acceptors (Lipinski definition) is 2. The van der Waals surface area contributed by atoms with E-state index in [1.54, 1.807) is 0 Å². The van der Waals surface area contributed by atoms with E-state index in [1.165, 1.54) is 12.1 Å². The molecule has 1 aromatic rings. The predicted molar refractivity (Wildman–Crippen MR) is 70.4 cm³/mol. The summed E-state index contributed by atoms with van der Waals surface area (Å²) in [5.41, 5.74) is 6.28. The number of halogens is 2. The molecule has 0 atom stereocenters. The highest BCUT2D eigenvalue weighted by molar-refractivity contribution is 5.18. The van der Waals surface area contributed by atoms with Crippen LogP contribution in [0.15, 0.2) is 18.2 Å². The van der Waals surface area contributed by atoms with E-state index in [4.69, 9.17) is 5.73 Å². The van der Waals surface area contributed by atoms with Gasteiger partial charge < -0.3 is 10.6 Å². The van der Waals surface area contributed by atoms with Crippen molar-refractivity contribution in [3.05, 3.63) is 35.4 Å². The standard InChI is InChI=1S/C14H22F2N2/c1-14(2,9-17)10-18(3)7-6-11-4-5-12(15)8-13(11)16/h4-5,8H,6-7,9-10,17H2,1-3H3. The molecule has 0 heterocycles. The van der Waals surface area contributed by atoms with E-state index in [0.29, 0.717) is 18.5 Å². The molecule has 0 bridgehead atoms. The second kappa shape index (κ2) is 6.25. The van der Waals surface area contributed by atoms with Gasteiger partial charge >= 0.3 is 0 Å². The molecule has 0 aliphatic rings. The maximum absolute atomic E-state index is 13.4. The zero-order valence-electron chi connectivity index (χ0n) is 11.3. The Bertz CT molecular complexity index is 391. The molecule has 0 fully saturated rings. The molecule has 4 heteroatoms. The SMILES string of the molecule is CN(CCc1ccc(F)cc1F)CC(C)(C)CN. The molecule has 0 saturated heterocycles. The summed E-state index contributed by atoms with van der Waals surface area (Å²) in [6.45, 7) is 6.39. The molecule has 2 nitrogen and oxygen atoms in total. The number of hydrogen-bond donors (Lipinski definition) is 1. The summed E-state index contributed by atoms with van der Waals surface area (Å²) in [5, 5.41) is 0. The Balaban J connectivity index is 2.50. The third kappa shape index (κ3) is 4.70. The Labute approximate surface area is 108 Å². The Hall–Kier alpha value is -1.00. The average molecular weight is 256 g/mol. The summed E-state index contributed by atoms with van der Waals surface area (Å²) in [4.78, 5) is 2.12. The van der Waals surface area contributed by atoms with E-state index in [2.05, 4.69) is 18.7 Å². The Morgan fingerprint density at radius 3 is 2.50 bits per heavy atom. The fraction of sp³-hybridized carbons (Fsp3) is 0.571. The minimum Gasteiger partial charge on any atom is -0.330 e. The first-order valence-corrected chi connectivity index (χ1v) is 6.16. The van der Waals surface area contributed by atoms with Crippen molar-refractivity contribution in [1.29, 1.82) is 0 Å². The second-order valence-corrected chi connectivity index (χ2v) is 5.59. The molecule has 0 radical (unpaired) electrons. The fourth-order valence-corrected chi connectivity index (χ4v) is 1.91. The molecule has 0 aromatic heterocycles. The zero-order valence-corrected chi connectivity index (χ0v) is 11.3. The number of benzene rings is 1. The summed E-state index contributed by atoms with van der Waals surface area (Å²) in [7, 11) is 1.98. The molecule has 0 unspecified atom stereocenters. The van der Waals surface area contributed by atoms with Crippen LogP contribution < -0.4 is 5.73 Å². The van der Waals surface area contributed by atoms with Crippen LogP contribution in [0.4, 0.5) is 8.78 Å². The lowest BCUT2D eigenvalue weighted by molar-refractivity contribution is 0.217. The van der Waals surface area contributed by atoms with Crippen molar-refractivity contribution in [2.45, 2.75) is 20.3 Å². The minimum atomic E-state index is -0.533. The van der Waals surface area contributed by atoms with Crippen molar-refractivity contribution in [3.63, 3.8) is 0 Å². The summed E-state index contributed by atoms with van der Waals surface area (Å²) in [6.07, 6.45) is 0.573. The van der Waals surface area contributed by atoms with Gasteiger partial charge in [0.15, 0.2) is 0 Å².